The van der Waals surface area contributed by atoms with E-state index in [1.807, 2.05) is 0 Å². The van der Waals surface area contributed by atoms with Crippen LogP contribution in [0.25, 0.3) is 0 Å². The van der Waals surface area contributed by atoms with Crippen LogP contribution in [0.3, 0.4) is 0 Å². The van der Waals surface area contributed by atoms with E-state index in [2.05, 4.69) is 0 Å². The van der Waals surface area contributed by atoms with Crippen LogP contribution >= 0.6 is 0 Å². The summed E-state index contributed by atoms with van der Waals surface area (Å²) in [6.07, 6.45) is 2.07. The summed E-state index contributed by atoms with van der Waals surface area (Å²) in [7, 11) is 0. The van der Waals surface area contributed by atoms with Gasteiger partial charge in [-0.05, 0) is 37.6 Å². The Bertz CT molecular complexity index is 327. The summed E-state index contributed by atoms with van der Waals surface area (Å²) >= 11 is 0. The predicted molar refractivity (Wildman–Crippen MR) is 57.2 cm³/mol. The van der Waals surface area contributed by atoms with E-state index < -0.39 is 0 Å². The SMILES string of the molecule is CC(=O)CCCOc1ccc(C=O)cc1. The van der Waals surface area contributed by atoms with Gasteiger partial charge in [0.25, 0.3) is 0 Å². The molecule has 1 aromatic carbocycles. The molecule has 0 saturated carbocycles. The van der Waals surface area contributed by atoms with Gasteiger partial charge in [0.05, 0.1) is 6.61 Å². The molecule has 15 heavy (non-hydrogen) atoms. The van der Waals surface area contributed by atoms with E-state index in [9.17, 15) is 9.59 Å². The third-order valence-electron chi connectivity index (χ3n) is 1.96. The molecule has 0 spiro atoms. The topological polar surface area (TPSA) is 43.4 Å². The molecule has 0 saturated heterocycles. The summed E-state index contributed by atoms with van der Waals surface area (Å²) in [4.78, 5) is 21.0. The van der Waals surface area contributed by atoms with Crippen LogP contribution in [0, 0.1) is 0 Å². The molecule has 0 bridgehead atoms. The van der Waals surface area contributed by atoms with E-state index >= 15 is 0 Å². The minimum Gasteiger partial charge on any atom is -0.494 e. The fraction of sp³-hybridized carbons (Fsp3) is 0.333. The first-order valence-electron chi connectivity index (χ1n) is 4.90. The fourth-order valence-electron chi connectivity index (χ4n) is 1.15. The Kier molecular flexibility index (Phi) is 4.54. The van der Waals surface area contributed by atoms with Gasteiger partial charge < -0.3 is 9.53 Å². The normalized spacial score (nSPS) is 9.67. The first-order valence-corrected chi connectivity index (χ1v) is 4.90. The fourth-order valence-corrected chi connectivity index (χ4v) is 1.15. The van der Waals surface area contributed by atoms with Crippen molar-refractivity contribution in [2.75, 3.05) is 6.61 Å². The second-order valence-corrected chi connectivity index (χ2v) is 3.34. The van der Waals surface area contributed by atoms with Crippen molar-refractivity contribution >= 4 is 12.1 Å². The highest BCUT2D eigenvalue weighted by atomic mass is 16.5. The van der Waals surface area contributed by atoms with Gasteiger partial charge in [0.15, 0.2) is 0 Å². The third-order valence-corrected chi connectivity index (χ3v) is 1.96. The van der Waals surface area contributed by atoms with Gasteiger partial charge in [-0.2, -0.15) is 0 Å². The summed E-state index contributed by atoms with van der Waals surface area (Å²) in [5.41, 5.74) is 0.631. The monoisotopic (exact) mass is 206 g/mol. The molecule has 0 fully saturated rings. The Morgan fingerprint density at radius 3 is 2.53 bits per heavy atom. The third kappa shape index (κ3) is 4.40. The van der Waals surface area contributed by atoms with Crippen molar-refractivity contribution in [3.05, 3.63) is 29.8 Å². The van der Waals surface area contributed by atoms with Crippen LogP contribution in [-0.4, -0.2) is 18.7 Å². The number of hydrogen-bond acceptors (Lipinski definition) is 3. The lowest BCUT2D eigenvalue weighted by atomic mass is 10.2. The molecule has 3 heteroatoms. The summed E-state index contributed by atoms with van der Waals surface area (Å²) in [6, 6.07) is 6.90. The molecular weight excluding hydrogens is 192 g/mol. The van der Waals surface area contributed by atoms with Gasteiger partial charge in [0, 0.05) is 12.0 Å². The second-order valence-electron chi connectivity index (χ2n) is 3.34. The van der Waals surface area contributed by atoms with E-state index in [0.717, 1.165) is 18.5 Å². The van der Waals surface area contributed by atoms with E-state index in [1.165, 1.54) is 0 Å². The average Bonchev–Trinajstić information content (AvgIpc) is 2.25. The van der Waals surface area contributed by atoms with Crippen molar-refractivity contribution in [1.82, 2.24) is 0 Å². The van der Waals surface area contributed by atoms with Gasteiger partial charge in [-0.3, -0.25) is 4.79 Å². The lowest BCUT2D eigenvalue weighted by molar-refractivity contribution is -0.117. The van der Waals surface area contributed by atoms with E-state index in [4.69, 9.17) is 4.74 Å². The molecule has 0 unspecified atom stereocenters. The molecule has 0 heterocycles. The molecule has 3 nitrogen and oxygen atoms in total. The highest BCUT2D eigenvalue weighted by Crippen LogP contribution is 2.11. The number of aldehydes is 1. The second kappa shape index (κ2) is 5.96. The molecule has 0 atom stereocenters. The lowest BCUT2D eigenvalue weighted by Crippen LogP contribution is -2.00. The molecule has 1 rings (SSSR count). The molecule has 0 aromatic heterocycles. The number of Topliss-reactive ketones (excluding diaryl/α,β-unsaturated/α-hetero) is 1. The van der Waals surface area contributed by atoms with Gasteiger partial charge in [0.2, 0.25) is 0 Å². The Hall–Kier alpha value is -1.64. The van der Waals surface area contributed by atoms with Gasteiger partial charge >= 0.3 is 0 Å². The predicted octanol–water partition coefficient (Wildman–Crippen LogP) is 2.25. The summed E-state index contributed by atoms with van der Waals surface area (Å²) < 4.78 is 5.39. The number of rotatable bonds is 6. The zero-order chi connectivity index (χ0) is 11.1. The highest BCUT2D eigenvalue weighted by molar-refractivity contribution is 5.75. The summed E-state index contributed by atoms with van der Waals surface area (Å²) in [6.45, 7) is 2.10. The zero-order valence-electron chi connectivity index (χ0n) is 8.73. The molecular formula is C12H14O3. The minimum absolute atomic E-state index is 0.176. The lowest BCUT2D eigenvalue weighted by Gasteiger charge is -2.04. The van der Waals surface area contributed by atoms with Crippen LogP contribution in [0.1, 0.15) is 30.1 Å². The molecule has 80 valence electrons. The molecule has 0 amide bonds. The summed E-state index contributed by atoms with van der Waals surface area (Å²) in [5, 5.41) is 0. The molecule has 0 aliphatic rings. The number of benzene rings is 1. The maximum Gasteiger partial charge on any atom is 0.150 e. The van der Waals surface area contributed by atoms with Crippen LogP contribution in [0.2, 0.25) is 0 Å². The average molecular weight is 206 g/mol. The van der Waals surface area contributed by atoms with E-state index in [1.54, 1.807) is 31.2 Å². The Labute approximate surface area is 89.1 Å². The van der Waals surface area contributed by atoms with E-state index in [0.29, 0.717) is 18.6 Å². The molecule has 0 N–H and O–H groups in total. The van der Waals surface area contributed by atoms with Gasteiger partial charge in [-0.1, -0.05) is 0 Å². The Balaban J connectivity index is 2.31. The molecule has 1 aromatic rings. The van der Waals surface area contributed by atoms with Crippen molar-refractivity contribution in [2.24, 2.45) is 0 Å². The van der Waals surface area contributed by atoms with Crippen LogP contribution < -0.4 is 4.74 Å². The van der Waals surface area contributed by atoms with E-state index in [-0.39, 0.29) is 5.78 Å². The number of ketones is 1. The van der Waals surface area contributed by atoms with Crippen LogP contribution in [0.15, 0.2) is 24.3 Å². The van der Waals surface area contributed by atoms with Crippen molar-refractivity contribution in [1.29, 1.82) is 0 Å². The van der Waals surface area contributed by atoms with Gasteiger partial charge in [-0.15, -0.1) is 0 Å². The molecule has 0 radical (unpaired) electrons. The molecule has 0 aliphatic heterocycles. The minimum atomic E-state index is 0.176. The van der Waals surface area contributed by atoms with Crippen LogP contribution in [-0.2, 0) is 4.79 Å². The van der Waals surface area contributed by atoms with Crippen molar-refractivity contribution in [3.63, 3.8) is 0 Å². The quantitative estimate of drug-likeness (QED) is 0.529. The highest BCUT2D eigenvalue weighted by Gasteiger charge is 1.96. The largest absolute Gasteiger partial charge is 0.494 e. The first kappa shape index (κ1) is 11.4. The maximum atomic E-state index is 10.6. The van der Waals surface area contributed by atoms with Crippen LogP contribution in [0.4, 0.5) is 0 Å². The van der Waals surface area contributed by atoms with Crippen molar-refractivity contribution < 1.29 is 14.3 Å². The standard InChI is InChI=1S/C12H14O3/c1-10(14)3-2-8-15-12-6-4-11(9-13)5-7-12/h4-7,9H,2-3,8H2,1H3. The number of hydrogen-bond donors (Lipinski definition) is 0. The molecule has 0 aliphatic carbocycles. The summed E-state index contributed by atoms with van der Waals surface area (Å²) in [5.74, 6) is 0.902. The first-order chi connectivity index (χ1) is 7.22. The number of ether oxygens (including phenoxy) is 1. The Morgan fingerprint density at radius 2 is 2.00 bits per heavy atom. The van der Waals surface area contributed by atoms with Gasteiger partial charge in [0.1, 0.15) is 17.8 Å². The maximum absolute atomic E-state index is 10.6. The number of carbonyl (C=O) groups excluding carboxylic acids is 2. The smallest absolute Gasteiger partial charge is 0.150 e. The van der Waals surface area contributed by atoms with Crippen molar-refractivity contribution in [2.45, 2.75) is 19.8 Å². The van der Waals surface area contributed by atoms with Crippen LogP contribution in [0.5, 0.6) is 5.75 Å². The Morgan fingerprint density at radius 1 is 1.33 bits per heavy atom. The van der Waals surface area contributed by atoms with Crippen molar-refractivity contribution in [3.8, 4) is 5.75 Å². The zero-order valence-corrected chi connectivity index (χ0v) is 8.73. The van der Waals surface area contributed by atoms with Gasteiger partial charge in [-0.25, -0.2) is 0 Å². The number of carbonyl (C=O) groups is 2.